The maximum atomic E-state index is 13.9. The summed E-state index contributed by atoms with van der Waals surface area (Å²) < 4.78 is 49.1. The van der Waals surface area contributed by atoms with Crippen molar-refractivity contribution in [2.24, 2.45) is 0 Å². The minimum atomic E-state index is -4.70. The second-order valence-corrected chi connectivity index (χ2v) is 10.1. The summed E-state index contributed by atoms with van der Waals surface area (Å²) in [6, 6.07) is 11.6. The zero-order chi connectivity index (χ0) is 26.5. The molecule has 0 spiro atoms. The van der Waals surface area contributed by atoms with E-state index in [0.29, 0.717) is 23.0 Å². The van der Waals surface area contributed by atoms with Crippen LogP contribution in [0.3, 0.4) is 0 Å². The molecule has 3 atom stereocenters. The van der Waals surface area contributed by atoms with Crippen LogP contribution in [0.15, 0.2) is 64.4 Å². The smallest absolute Gasteiger partial charge is 0.408 e. The number of pyridine rings is 1. The molecule has 0 radical (unpaired) electrons. The number of hydrogen-bond donors (Lipinski definition) is 1. The highest BCUT2D eigenvalue weighted by Crippen LogP contribution is 2.50. The van der Waals surface area contributed by atoms with E-state index in [0.717, 1.165) is 34.6 Å². The molecule has 3 aromatic rings. The summed E-state index contributed by atoms with van der Waals surface area (Å²) in [7, 11) is 0. The normalized spacial score (nSPS) is 19.9. The number of aromatic nitrogens is 1. The second kappa shape index (κ2) is 9.48. The van der Waals surface area contributed by atoms with Gasteiger partial charge in [-0.2, -0.15) is 13.2 Å². The van der Waals surface area contributed by atoms with Gasteiger partial charge in [0, 0.05) is 40.9 Å². The molecule has 37 heavy (non-hydrogen) atoms. The predicted octanol–water partition coefficient (Wildman–Crippen LogP) is 5.34. The Kier molecular flexibility index (Phi) is 6.47. The van der Waals surface area contributed by atoms with E-state index >= 15 is 0 Å². The summed E-state index contributed by atoms with van der Waals surface area (Å²) in [5, 5.41) is 10.6. The number of aromatic hydroxyl groups is 1. The Balaban J connectivity index is 1.81. The Morgan fingerprint density at radius 3 is 2.62 bits per heavy atom. The number of amides is 1. The number of carbonyl (C=O) groups excluding carboxylic acids is 1. The minimum absolute atomic E-state index is 0.279. The van der Waals surface area contributed by atoms with Gasteiger partial charge < -0.3 is 19.3 Å². The average Bonchev–Trinajstić information content (AvgIpc) is 3.03. The lowest BCUT2D eigenvalue weighted by Gasteiger charge is -2.43. The van der Waals surface area contributed by atoms with Crippen LogP contribution in [-0.2, 0) is 5.75 Å². The molecule has 2 aliphatic rings. The molecule has 1 N–H and O–H groups in total. The second-order valence-electron chi connectivity index (χ2n) is 9.09. The van der Waals surface area contributed by atoms with E-state index in [1.807, 2.05) is 49.4 Å². The molecule has 2 aromatic carbocycles. The molecule has 1 amide bonds. The molecule has 5 rings (SSSR count). The summed E-state index contributed by atoms with van der Waals surface area (Å²) >= 11 is 1.62. The number of carbonyl (C=O) groups is 1. The molecule has 0 aliphatic carbocycles. The Labute approximate surface area is 215 Å². The van der Waals surface area contributed by atoms with Crippen LogP contribution in [0.5, 0.6) is 11.5 Å². The topological polar surface area (TPSA) is 71.8 Å². The molecule has 1 unspecified atom stereocenters. The summed E-state index contributed by atoms with van der Waals surface area (Å²) in [6.45, 7) is 2.89. The average molecular weight is 531 g/mol. The summed E-state index contributed by atoms with van der Waals surface area (Å²) in [5.74, 6) is -1.18. The van der Waals surface area contributed by atoms with Gasteiger partial charge in [0.05, 0.1) is 12.6 Å². The monoisotopic (exact) mass is 530 g/mol. The number of hydrogen-bond acceptors (Lipinski definition) is 5. The molecule has 10 heteroatoms. The zero-order valence-electron chi connectivity index (χ0n) is 20.2. The third-order valence-corrected chi connectivity index (χ3v) is 8.18. The summed E-state index contributed by atoms with van der Waals surface area (Å²) in [5.41, 5.74) is 1.40. The Bertz CT molecular complexity index is 1420. The molecule has 0 saturated carbocycles. The molecule has 0 bridgehead atoms. The van der Waals surface area contributed by atoms with Gasteiger partial charge in [0.1, 0.15) is 11.8 Å². The van der Waals surface area contributed by atoms with Crippen molar-refractivity contribution >= 4 is 17.7 Å². The summed E-state index contributed by atoms with van der Waals surface area (Å²) in [4.78, 5) is 27.3. The highest BCUT2D eigenvalue weighted by atomic mass is 32.2. The van der Waals surface area contributed by atoms with E-state index < -0.39 is 47.0 Å². The highest BCUT2D eigenvalue weighted by molar-refractivity contribution is 7.98. The van der Waals surface area contributed by atoms with Gasteiger partial charge >= 0.3 is 6.18 Å². The van der Waals surface area contributed by atoms with Gasteiger partial charge in [0.2, 0.25) is 5.43 Å². The van der Waals surface area contributed by atoms with Crippen LogP contribution in [0, 0.1) is 0 Å². The molecule has 0 fully saturated rings. The minimum Gasteiger partial charge on any atom is -0.503 e. The van der Waals surface area contributed by atoms with Crippen molar-refractivity contribution in [3.8, 4) is 11.5 Å². The van der Waals surface area contributed by atoms with Gasteiger partial charge in [-0.15, -0.1) is 11.8 Å². The van der Waals surface area contributed by atoms with E-state index in [9.17, 15) is 27.9 Å². The zero-order valence-corrected chi connectivity index (χ0v) is 21.0. The quantitative estimate of drug-likeness (QED) is 0.493. The largest absolute Gasteiger partial charge is 0.503 e. The molecule has 1 aromatic heterocycles. The Morgan fingerprint density at radius 2 is 1.89 bits per heavy atom. The van der Waals surface area contributed by atoms with Gasteiger partial charge in [-0.05, 0) is 37.1 Å². The van der Waals surface area contributed by atoms with Crippen molar-refractivity contribution in [1.29, 1.82) is 0 Å². The van der Waals surface area contributed by atoms with Gasteiger partial charge in [0.15, 0.2) is 11.4 Å². The first kappa shape index (κ1) is 25.3. The van der Waals surface area contributed by atoms with Crippen LogP contribution in [0.25, 0.3) is 0 Å². The lowest BCUT2D eigenvalue weighted by Crippen LogP contribution is -2.54. The van der Waals surface area contributed by atoms with Crippen LogP contribution in [0.2, 0.25) is 0 Å². The number of halogens is 3. The van der Waals surface area contributed by atoms with E-state index in [-0.39, 0.29) is 6.54 Å². The number of benzene rings is 2. The number of ether oxygens (including phenoxy) is 1. The molecule has 6 nitrogen and oxygen atoms in total. The predicted molar refractivity (Wildman–Crippen MR) is 133 cm³/mol. The van der Waals surface area contributed by atoms with Crippen LogP contribution in [0.4, 0.5) is 13.2 Å². The molecule has 0 saturated heterocycles. The maximum Gasteiger partial charge on any atom is 0.408 e. The van der Waals surface area contributed by atoms with Crippen LogP contribution in [0.1, 0.15) is 53.0 Å². The first-order chi connectivity index (χ1) is 17.6. The van der Waals surface area contributed by atoms with Crippen molar-refractivity contribution in [1.82, 2.24) is 9.47 Å². The molecular formula is C27H25F3N2O4S. The number of fused-ring (bicyclic) bond motifs is 3. The number of nitrogens with zero attached hydrogens (tertiary/aromatic N) is 2. The third-order valence-electron chi connectivity index (χ3n) is 7.04. The van der Waals surface area contributed by atoms with Crippen LogP contribution in [-0.4, -0.2) is 45.9 Å². The van der Waals surface area contributed by atoms with Crippen LogP contribution >= 0.6 is 11.8 Å². The Morgan fingerprint density at radius 1 is 1.14 bits per heavy atom. The SMILES string of the molecule is CCOc1cccc2c1[C@H](C1CN([C@H](C)C(F)(F)F)C(=O)c3c(O)c(=O)ccn31)c1ccccc1SC2. The highest BCUT2D eigenvalue weighted by Gasteiger charge is 2.48. The fourth-order valence-electron chi connectivity index (χ4n) is 5.24. The van der Waals surface area contributed by atoms with Gasteiger partial charge in [-0.3, -0.25) is 9.59 Å². The fraction of sp³-hybridized carbons (Fsp3) is 0.333. The van der Waals surface area contributed by atoms with Crippen molar-refractivity contribution in [3.05, 3.63) is 87.3 Å². The number of rotatable bonds is 4. The van der Waals surface area contributed by atoms with E-state index in [4.69, 9.17) is 4.74 Å². The lowest BCUT2D eigenvalue weighted by molar-refractivity contribution is -0.174. The van der Waals surface area contributed by atoms with Gasteiger partial charge in [-0.1, -0.05) is 30.3 Å². The summed E-state index contributed by atoms with van der Waals surface area (Å²) in [6.07, 6.45) is -3.31. The van der Waals surface area contributed by atoms with Crippen molar-refractivity contribution in [2.75, 3.05) is 13.2 Å². The third kappa shape index (κ3) is 4.27. The van der Waals surface area contributed by atoms with Gasteiger partial charge in [-0.25, -0.2) is 0 Å². The molecule has 194 valence electrons. The van der Waals surface area contributed by atoms with Gasteiger partial charge in [0.25, 0.3) is 5.91 Å². The Hall–Kier alpha value is -3.40. The van der Waals surface area contributed by atoms with E-state index in [2.05, 4.69) is 0 Å². The number of alkyl halides is 3. The first-order valence-electron chi connectivity index (χ1n) is 11.9. The lowest BCUT2D eigenvalue weighted by atomic mass is 9.80. The molecule has 2 aliphatic heterocycles. The first-order valence-corrected chi connectivity index (χ1v) is 12.9. The van der Waals surface area contributed by atoms with Crippen LogP contribution < -0.4 is 10.2 Å². The number of thioether (sulfide) groups is 1. The van der Waals surface area contributed by atoms with E-state index in [1.165, 1.54) is 10.8 Å². The van der Waals surface area contributed by atoms with Crippen molar-refractivity contribution in [2.45, 2.75) is 48.7 Å². The maximum absolute atomic E-state index is 13.9. The molecule has 3 heterocycles. The van der Waals surface area contributed by atoms with Crippen molar-refractivity contribution in [3.63, 3.8) is 0 Å². The molecular weight excluding hydrogens is 505 g/mol. The van der Waals surface area contributed by atoms with Crippen molar-refractivity contribution < 1.29 is 27.8 Å². The fourth-order valence-corrected chi connectivity index (χ4v) is 6.34. The standard InChI is InChI=1S/C27H25F3N2O4S/c1-3-36-20-9-6-7-16-14-37-21-10-5-4-8-17(21)23(22(16)20)18-13-32(15(2)27(28,29)30)26(35)24-25(34)19(33)11-12-31(18)24/h4-12,15,18,23,34H,3,13-14H2,1-2H3/t15-,18?,23+/m1/s1. The van der Waals surface area contributed by atoms with E-state index in [1.54, 1.807) is 11.8 Å².